The van der Waals surface area contributed by atoms with Gasteiger partial charge in [-0.2, -0.15) is 0 Å². The van der Waals surface area contributed by atoms with E-state index in [1.807, 2.05) is 53.4 Å². The summed E-state index contributed by atoms with van der Waals surface area (Å²) in [5.41, 5.74) is 4.77. The summed E-state index contributed by atoms with van der Waals surface area (Å²) < 4.78 is 5.94. The first-order chi connectivity index (χ1) is 15.2. The highest BCUT2D eigenvalue weighted by atomic mass is 35.5. The second-order valence-corrected chi connectivity index (χ2v) is 8.31. The molecule has 31 heavy (non-hydrogen) atoms. The van der Waals surface area contributed by atoms with Gasteiger partial charge in [-0.1, -0.05) is 60.2 Å². The largest absolute Gasteiger partial charge is 0.456 e. The molecule has 1 aliphatic heterocycles. The van der Waals surface area contributed by atoms with Crippen molar-refractivity contribution in [2.45, 2.75) is 12.8 Å². The van der Waals surface area contributed by atoms with E-state index < -0.39 is 0 Å². The van der Waals surface area contributed by atoms with Crippen molar-refractivity contribution < 1.29 is 9.21 Å². The third kappa shape index (κ3) is 4.28. The normalized spacial score (nSPS) is 14.0. The Morgan fingerprint density at radius 2 is 1.48 bits per heavy atom. The van der Waals surface area contributed by atoms with Gasteiger partial charge in [0.05, 0.1) is 0 Å². The minimum Gasteiger partial charge on any atom is -0.456 e. The van der Waals surface area contributed by atoms with Gasteiger partial charge in [-0.15, -0.1) is 0 Å². The van der Waals surface area contributed by atoms with Gasteiger partial charge in [0, 0.05) is 34.6 Å². The molecule has 0 aliphatic carbocycles. The topological polar surface area (TPSA) is 33.5 Å². The van der Waals surface area contributed by atoms with E-state index in [-0.39, 0.29) is 5.91 Å². The Balaban J connectivity index is 1.28. The van der Waals surface area contributed by atoms with E-state index in [0.29, 0.717) is 5.02 Å². The molecule has 4 aromatic rings. The maximum atomic E-state index is 12.5. The van der Waals surface area contributed by atoms with Crippen LogP contribution in [0.2, 0.25) is 5.02 Å². The molecule has 2 heterocycles. The average molecular weight is 428 g/mol. The minimum absolute atomic E-state index is 0.136. The molecule has 3 aromatic carbocycles. The zero-order chi connectivity index (χ0) is 21.2. The molecule has 1 aromatic heterocycles. The lowest BCUT2D eigenvalue weighted by molar-refractivity contribution is 0.0793. The molecule has 0 saturated carbocycles. The van der Waals surface area contributed by atoms with Crippen LogP contribution in [0.1, 0.15) is 34.3 Å². The second kappa shape index (κ2) is 8.44. The summed E-state index contributed by atoms with van der Waals surface area (Å²) in [7, 11) is 0. The van der Waals surface area contributed by atoms with Crippen LogP contribution in [0, 0.1) is 0 Å². The van der Waals surface area contributed by atoms with E-state index >= 15 is 0 Å². The van der Waals surface area contributed by atoms with Crippen molar-refractivity contribution in [1.29, 1.82) is 0 Å². The molecule has 0 bridgehead atoms. The van der Waals surface area contributed by atoms with Crippen molar-refractivity contribution >= 4 is 40.6 Å². The summed E-state index contributed by atoms with van der Waals surface area (Å²) in [6, 6.07) is 23.7. The van der Waals surface area contributed by atoms with E-state index in [1.54, 1.807) is 0 Å². The number of carbonyl (C=O) groups excluding carboxylic acids is 1. The van der Waals surface area contributed by atoms with E-state index in [4.69, 9.17) is 16.0 Å². The number of furan rings is 1. The van der Waals surface area contributed by atoms with Crippen LogP contribution < -0.4 is 0 Å². The van der Waals surface area contributed by atoms with Crippen molar-refractivity contribution in [1.82, 2.24) is 4.90 Å². The summed E-state index contributed by atoms with van der Waals surface area (Å²) in [5.74, 6) is 0.961. The number of fused-ring (bicyclic) bond motifs is 1. The monoisotopic (exact) mass is 427 g/mol. The van der Waals surface area contributed by atoms with Gasteiger partial charge in [0.15, 0.2) is 0 Å². The highest BCUT2D eigenvalue weighted by molar-refractivity contribution is 6.31. The Bertz CT molecular complexity index is 1250. The molecule has 0 atom stereocenters. The summed E-state index contributed by atoms with van der Waals surface area (Å²) in [6.45, 7) is 1.75. The Kier molecular flexibility index (Phi) is 5.35. The van der Waals surface area contributed by atoms with Crippen molar-refractivity contribution in [3.05, 3.63) is 94.5 Å². The van der Waals surface area contributed by atoms with Crippen molar-refractivity contribution in [3.63, 3.8) is 0 Å². The molecule has 0 spiro atoms. The molecular weight excluding hydrogens is 406 g/mol. The lowest BCUT2D eigenvalue weighted by Gasteiger charge is -2.15. The molecule has 0 unspecified atom stereocenters. The molecule has 4 heteroatoms. The molecule has 0 radical (unpaired) electrons. The van der Waals surface area contributed by atoms with Gasteiger partial charge in [0.25, 0.3) is 5.91 Å². The number of likely N-dealkylation sites (tertiary alicyclic amines) is 1. The number of nitrogens with zero attached hydrogens (tertiary/aromatic N) is 1. The van der Waals surface area contributed by atoms with Crippen molar-refractivity contribution in [2.24, 2.45) is 0 Å². The van der Waals surface area contributed by atoms with E-state index in [1.165, 1.54) is 0 Å². The number of benzene rings is 3. The average Bonchev–Trinajstić information content (AvgIpc) is 3.48. The minimum atomic E-state index is 0.136. The Morgan fingerprint density at radius 1 is 0.839 bits per heavy atom. The number of halogens is 1. The third-order valence-electron chi connectivity index (χ3n) is 5.69. The van der Waals surface area contributed by atoms with Crippen LogP contribution in [0.3, 0.4) is 0 Å². The lowest BCUT2D eigenvalue weighted by Crippen LogP contribution is -2.27. The summed E-state index contributed by atoms with van der Waals surface area (Å²) >= 11 is 6.07. The second-order valence-electron chi connectivity index (χ2n) is 7.87. The highest BCUT2D eigenvalue weighted by Gasteiger charge is 2.18. The molecule has 5 rings (SSSR count). The predicted octanol–water partition coefficient (Wildman–Crippen LogP) is 7.16. The summed E-state index contributed by atoms with van der Waals surface area (Å²) in [6.07, 6.45) is 6.34. The zero-order valence-electron chi connectivity index (χ0n) is 17.1. The van der Waals surface area contributed by atoms with Gasteiger partial charge >= 0.3 is 0 Å². The summed E-state index contributed by atoms with van der Waals surface area (Å²) in [4.78, 5) is 14.4. The summed E-state index contributed by atoms with van der Waals surface area (Å²) in [5, 5.41) is 1.70. The fraction of sp³-hybridized carbons (Fsp3) is 0.148. The van der Waals surface area contributed by atoms with Crippen LogP contribution in [-0.4, -0.2) is 23.9 Å². The first-order valence-electron chi connectivity index (χ1n) is 10.5. The van der Waals surface area contributed by atoms with Crippen LogP contribution in [-0.2, 0) is 0 Å². The van der Waals surface area contributed by atoms with Crippen LogP contribution in [0.4, 0.5) is 0 Å². The SMILES string of the molecule is O=C(c1ccc(C=Cc2ccc(-c3cc4cc(Cl)ccc4o3)cc2)cc1)N1CCCC1. The molecule has 154 valence electrons. The van der Waals surface area contributed by atoms with E-state index in [9.17, 15) is 4.79 Å². The Labute approximate surface area is 186 Å². The predicted molar refractivity (Wildman–Crippen MR) is 127 cm³/mol. The molecule has 0 N–H and O–H groups in total. The molecule has 1 fully saturated rings. The van der Waals surface area contributed by atoms with Crippen LogP contribution >= 0.6 is 11.6 Å². The standard InChI is InChI=1S/C27H22ClNO2/c28-24-13-14-25-23(17-24)18-26(31-25)21-9-5-19(6-10-21)3-4-20-7-11-22(12-8-20)27(30)29-15-1-2-16-29/h3-14,17-18H,1-2,15-16H2. The highest BCUT2D eigenvalue weighted by Crippen LogP contribution is 2.30. The van der Waals surface area contributed by atoms with E-state index in [0.717, 1.165) is 64.9 Å². The Morgan fingerprint density at radius 3 is 2.16 bits per heavy atom. The van der Waals surface area contributed by atoms with Gasteiger partial charge in [-0.25, -0.2) is 0 Å². The number of rotatable bonds is 4. The van der Waals surface area contributed by atoms with Gasteiger partial charge in [-0.3, -0.25) is 4.79 Å². The first-order valence-corrected chi connectivity index (χ1v) is 10.9. The molecular formula is C27H22ClNO2. The fourth-order valence-corrected chi connectivity index (χ4v) is 4.13. The lowest BCUT2D eigenvalue weighted by atomic mass is 10.1. The zero-order valence-corrected chi connectivity index (χ0v) is 17.8. The van der Waals surface area contributed by atoms with E-state index in [2.05, 4.69) is 36.4 Å². The third-order valence-corrected chi connectivity index (χ3v) is 5.93. The molecule has 1 saturated heterocycles. The Hall–Kier alpha value is -3.30. The molecule has 3 nitrogen and oxygen atoms in total. The van der Waals surface area contributed by atoms with Crippen molar-refractivity contribution in [3.8, 4) is 11.3 Å². The number of carbonyl (C=O) groups is 1. The van der Waals surface area contributed by atoms with Gasteiger partial charge < -0.3 is 9.32 Å². The van der Waals surface area contributed by atoms with Crippen LogP contribution in [0.15, 0.2) is 77.2 Å². The van der Waals surface area contributed by atoms with Crippen LogP contribution in [0.25, 0.3) is 34.4 Å². The van der Waals surface area contributed by atoms with Gasteiger partial charge in [0.1, 0.15) is 11.3 Å². The first kappa shape index (κ1) is 19.7. The van der Waals surface area contributed by atoms with Gasteiger partial charge in [0.2, 0.25) is 0 Å². The maximum Gasteiger partial charge on any atom is 0.253 e. The fourth-order valence-electron chi connectivity index (χ4n) is 3.95. The number of hydrogen-bond donors (Lipinski definition) is 0. The van der Waals surface area contributed by atoms with Crippen LogP contribution in [0.5, 0.6) is 0 Å². The smallest absolute Gasteiger partial charge is 0.253 e. The quantitative estimate of drug-likeness (QED) is 0.324. The number of hydrogen-bond acceptors (Lipinski definition) is 2. The maximum absolute atomic E-state index is 12.5. The molecule has 1 amide bonds. The molecule has 1 aliphatic rings. The number of amides is 1. The van der Waals surface area contributed by atoms with Gasteiger partial charge in [-0.05, 0) is 60.4 Å². The van der Waals surface area contributed by atoms with Crippen molar-refractivity contribution in [2.75, 3.05) is 13.1 Å².